The zero-order chi connectivity index (χ0) is 20.8. The second-order valence-electron chi connectivity index (χ2n) is 7.59. The monoisotopic (exact) mass is 538 g/mol. The lowest BCUT2D eigenvalue weighted by Gasteiger charge is -2.20. The highest BCUT2D eigenvalue weighted by atomic mass is 127. The van der Waals surface area contributed by atoms with Crippen molar-refractivity contribution in [1.29, 1.82) is 0 Å². The first-order valence-corrected chi connectivity index (χ1v) is 10.5. The summed E-state index contributed by atoms with van der Waals surface area (Å²) >= 11 is 0. The van der Waals surface area contributed by atoms with E-state index in [-0.39, 0.29) is 24.0 Å². The van der Waals surface area contributed by atoms with E-state index in [1.165, 1.54) is 5.69 Å². The number of benzene rings is 2. The van der Waals surface area contributed by atoms with Crippen molar-refractivity contribution in [3.05, 3.63) is 42.5 Å². The molecule has 31 heavy (non-hydrogen) atoms. The van der Waals surface area contributed by atoms with Crippen molar-refractivity contribution < 1.29 is 14.2 Å². The van der Waals surface area contributed by atoms with Crippen LogP contribution >= 0.6 is 24.0 Å². The number of nitrogens with one attached hydrogen (secondary N) is 2. The van der Waals surface area contributed by atoms with Crippen LogP contribution in [0.15, 0.2) is 47.5 Å². The second-order valence-corrected chi connectivity index (χ2v) is 7.59. The van der Waals surface area contributed by atoms with Crippen molar-refractivity contribution in [2.45, 2.75) is 12.8 Å². The number of ether oxygens (including phenoxy) is 3. The lowest BCUT2D eigenvalue weighted by atomic mass is 10.1. The molecule has 1 fully saturated rings. The Morgan fingerprint density at radius 1 is 1.16 bits per heavy atom. The molecular weight excluding hydrogens is 507 g/mol. The number of rotatable bonds is 5. The minimum Gasteiger partial charge on any atom is -0.497 e. The molecule has 1 unspecified atom stereocenters. The molecule has 0 bridgehead atoms. The molecular formula is C23H31IN4O3. The summed E-state index contributed by atoms with van der Waals surface area (Å²) < 4.78 is 16.8. The van der Waals surface area contributed by atoms with Crippen LogP contribution < -0.4 is 29.7 Å². The number of nitrogens with zero attached hydrogens (tertiary/aromatic N) is 2. The van der Waals surface area contributed by atoms with E-state index in [0.29, 0.717) is 19.1 Å². The van der Waals surface area contributed by atoms with Crippen LogP contribution in [-0.4, -0.2) is 53.0 Å². The molecule has 0 amide bonds. The Morgan fingerprint density at radius 3 is 2.81 bits per heavy atom. The fourth-order valence-corrected chi connectivity index (χ4v) is 3.84. The molecule has 7 nitrogen and oxygen atoms in total. The topological polar surface area (TPSA) is 67.4 Å². The molecule has 2 aromatic rings. The summed E-state index contributed by atoms with van der Waals surface area (Å²) in [5.41, 5.74) is 2.14. The number of aliphatic imine (C=N–C) groups is 1. The van der Waals surface area contributed by atoms with Gasteiger partial charge in [-0.3, -0.25) is 4.99 Å². The van der Waals surface area contributed by atoms with Gasteiger partial charge in [0.2, 0.25) is 0 Å². The number of fused-ring (bicyclic) bond motifs is 1. The molecule has 2 heterocycles. The molecule has 0 saturated carbocycles. The Bertz CT molecular complexity index is 893. The van der Waals surface area contributed by atoms with Crippen LogP contribution in [0.25, 0.3) is 0 Å². The number of guanidine groups is 1. The minimum absolute atomic E-state index is 0. The van der Waals surface area contributed by atoms with Crippen LogP contribution in [0.4, 0.5) is 11.4 Å². The van der Waals surface area contributed by atoms with Crippen LogP contribution in [0.5, 0.6) is 17.2 Å². The fraction of sp³-hybridized carbons (Fsp3) is 0.435. The first-order valence-electron chi connectivity index (χ1n) is 10.5. The second kappa shape index (κ2) is 11.3. The molecule has 2 N–H and O–H groups in total. The van der Waals surface area contributed by atoms with E-state index in [1.807, 2.05) is 30.3 Å². The number of methoxy groups -OCH3 is 1. The highest BCUT2D eigenvalue weighted by Crippen LogP contribution is 2.32. The molecule has 0 aliphatic carbocycles. The van der Waals surface area contributed by atoms with Crippen molar-refractivity contribution in [2.24, 2.45) is 10.9 Å². The average molecular weight is 538 g/mol. The van der Waals surface area contributed by atoms with E-state index in [4.69, 9.17) is 14.2 Å². The van der Waals surface area contributed by atoms with Crippen molar-refractivity contribution in [3.63, 3.8) is 0 Å². The third kappa shape index (κ3) is 6.09. The van der Waals surface area contributed by atoms with Crippen LogP contribution in [0.2, 0.25) is 0 Å². The summed E-state index contributed by atoms with van der Waals surface area (Å²) in [5, 5.41) is 6.82. The van der Waals surface area contributed by atoms with E-state index in [1.54, 1.807) is 14.2 Å². The summed E-state index contributed by atoms with van der Waals surface area (Å²) in [4.78, 5) is 6.78. The summed E-state index contributed by atoms with van der Waals surface area (Å²) in [6.07, 6.45) is 2.04. The van der Waals surface area contributed by atoms with Gasteiger partial charge >= 0.3 is 0 Å². The maximum atomic E-state index is 5.78. The Kier molecular flexibility index (Phi) is 8.51. The quantitative estimate of drug-likeness (QED) is 0.341. The van der Waals surface area contributed by atoms with E-state index in [0.717, 1.165) is 61.4 Å². The standard InChI is InChI=1S/C23H30N4O3.HI/c1-24-23(26-18-7-8-21-22(13-18)30-12-4-11-29-21)25-15-17-9-10-27(16-17)19-5-3-6-20(14-19)28-2;/h3,5-8,13-14,17H,4,9-12,15-16H2,1-2H3,(H2,24,25,26);1H. The molecule has 8 heteroatoms. The van der Waals surface area contributed by atoms with Gasteiger partial charge in [-0.25, -0.2) is 0 Å². The van der Waals surface area contributed by atoms with Gasteiger partial charge in [-0.05, 0) is 36.6 Å². The summed E-state index contributed by atoms with van der Waals surface area (Å²) in [6, 6.07) is 14.2. The number of halogens is 1. The van der Waals surface area contributed by atoms with E-state index < -0.39 is 0 Å². The smallest absolute Gasteiger partial charge is 0.195 e. The summed E-state index contributed by atoms with van der Waals surface area (Å²) in [6.45, 7) is 4.30. The van der Waals surface area contributed by atoms with E-state index in [2.05, 4.69) is 32.7 Å². The molecule has 2 aliphatic heterocycles. The first kappa shape index (κ1) is 23.3. The lowest BCUT2D eigenvalue weighted by Crippen LogP contribution is -2.35. The zero-order valence-electron chi connectivity index (χ0n) is 18.1. The van der Waals surface area contributed by atoms with Gasteiger partial charge in [0.1, 0.15) is 5.75 Å². The molecule has 168 valence electrons. The molecule has 0 aromatic heterocycles. The Morgan fingerprint density at radius 2 is 2.00 bits per heavy atom. The predicted octanol–water partition coefficient (Wildman–Crippen LogP) is 3.99. The van der Waals surface area contributed by atoms with Gasteiger partial charge in [0.25, 0.3) is 0 Å². The summed E-state index contributed by atoms with van der Waals surface area (Å²) in [5.74, 6) is 3.78. The lowest BCUT2D eigenvalue weighted by molar-refractivity contribution is 0.297. The molecule has 2 aliphatic rings. The van der Waals surface area contributed by atoms with Crippen LogP contribution in [0.3, 0.4) is 0 Å². The van der Waals surface area contributed by atoms with Crippen molar-refractivity contribution in [3.8, 4) is 17.2 Å². The van der Waals surface area contributed by atoms with Crippen molar-refractivity contribution >= 4 is 41.3 Å². The van der Waals surface area contributed by atoms with Crippen molar-refractivity contribution in [1.82, 2.24) is 5.32 Å². The van der Waals surface area contributed by atoms with Crippen molar-refractivity contribution in [2.75, 3.05) is 57.2 Å². The molecule has 1 saturated heterocycles. The maximum absolute atomic E-state index is 5.78. The largest absolute Gasteiger partial charge is 0.497 e. The van der Waals surface area contributed by atoms with Crippen LogP contribution in [0.1, 0.15) is 12.8 Å². The third-order valence-corrected chi connectivity index (χ3v) is 5.50. The summed E-state index contributed by atoms with van der Waals surface area (Å²) in [7, 11) is 3.49. The minimum atomic E-state index is 0. The third-order valence-electron chi connectivity index (χ3n) is 5.50. The molecule has 4 rings (SSSR count). The average Bonchev–Trinajstić information content (AvgIpc) is 3.14. The highest BCUT2D eigenvalue weighted by Gasteiger charge is 2.23. The van der Waals surface area contributed by atoms with Gasteiger partial charge in [0.05, 0.1) is 20.3 Å². The molecule has 0 spiro atoms. The molecule has 1 atom stereocenters. The van der Waals surface area contributed by atoms with Gasteiger partial charge in [-0.2, -0.15) is 0 Å². The first-order chi connectivity index (χ1) is 14.7. The van der Waals surface area contributed by atoms with Crippen LogP contribution in [-0.2, 0) is 0 Å². The Balaban J connectivity index is 0.00000272. The normalized spacial score (nSPS) is 18.1. The highest BCUT2D eigenvalue weighted by molar-refractivity contribution is 14.0. The fourth-order valence-electron chi connectivity index (χ4n) is 3.84. The number of hydrogen-bond donors (Lipinski definition) is 2. The maximum Gasteiger partial charge on any atom is 0.195 e. The zero-order valence-corrected chi connectivity index (χ0v) is 20.4. The van der Waals surface area contributed by atoms with E-state index in [9.17, 15) is 0 Å². The SMILES string of the molecule is CN=C(NCC1CCN(c2cccc(OC)c2)C1)Nc1ccc2c(c1)OCCCO2.I. The Labute approximate surface area is 201 Å². The number of anilines is 2. The van der Waals surface area contributed by atoms with E-state index >= 15 is 0 Å². The predicted molar refractivity (Wildman–Crippen MR) is 136 cm³/mol. The van der Waals surface area contributed by atoms with Crippen LogP contribution in [0, 0.1) is 5.92 Å². The Hall–Kier alpha value is -2.36. The van der Waals surface area contributed by atoms with Gasteiger partial charge in [0.15, 0.2) is 17.5 Å². The molecule has 2 aromatic carbocycles. The van der Waals surface area contributed by atoms with Gasteiger partial charge in [0, 0.05) is 56.6 Å². The number of hydrogen-bond acceptors (Lipinski definition) is 5. The molecule has 0 radical (unpaired) electrons. The van der Waals surface area contributed by atoms with Gasteiger partial charge in [-0.1, -0.05) is 6.07 Å². The van der Waals surface area contributed by atoms with Gasteiger partial charge < -0.3 is 29.7 Å². The van der Waals surface area contributed by atoms with Gasteiger partial charge in [-0.15, -0.1) is 24.0 Å².